The van der Waals surface area contributed by atoms with Crippen LogP contribution in [0.1, 0.15) is 24.7 Å². The first-order valence-electron chi connectivity index (χ1n) is 6.16. The predicted molar refractivity (Wildman–Crippen MR) is 70.2 cm³/mol. The van der Waals surface area contributed by atoms with Crippen LogP contribution >= 0.6 is 0 Å². The molecule has 0 saturated heterocycles. The summed E-state index contributed by atoms with van der Waals surface area (Å²) in [6.07, 6.45) is 5.02. The molecule has 1 atom stereocenters. The number of rotatable bonds is 4. The Bertz CT molecular complexity index is 534. The summed E-state index contributed by atoms with van der Waals surface area (Å²) in [4.78, 5) is 4.09. The molecule has 0 radical (unpaired) electrons. The molecule has 1 aromatic heterocycles. The molecule has 1 aromatic carbocycles. The summed E-state index contributed by atoms with van der Waals surface area (Å²) in [6.45, 7) is 3.88. The molecule has 0 saturated carbocycles. The lowest BCUT2D eigenvalue weighted by Crippen LogP contribution is -2.21. The van der Waals surface area contributed by atoms with Crippen LogP contribution in [0.15, 0.2) is 30.6 Å². The first kappa shape index (κ1) is 12.8. The van der Waals surface area contributed by atoms with Crippen LogP contribution in [-0.4, -0.2) is 15.6 Å². The Hall–Kier alpha value is -1.68. The molecule has 0 spiro atoms. The summed E-state index contributed by atoms with van der Waals surface area (Å²) in [5.41, 5.74) is 7.33. The van der Waals surface area contributed by atoms with Gasteiger partial charge in [0, 0.05) is 18.4 Å². The molecule has 2 aromatic rings. The lowest BCUT2D eigenvalue weighted by molar-refractivity contribution is 0.606. The average Bonchev–Trinajstić information content (AvgIpc) is 2.75. The summed E-state index contributed by atoms with van der Waals surface area (Å²) in [7, 11) is 0. The lowest BCUT2D eigenvalue weighted by atomic mass is 10.0. The first-order chi connectivity index (χ1) is 8.61. The summed E-state index contributed by atoms with van der Waals surface area (Å²) in [6, 6.07) is 5.35. The highest BCUT2D eigenvalue weighted by Gasteiger charge is 2.09. The monoisotopic (exact) mass is 247 g/mol. The molecule has 4 heteroatoms. The van der Waals surface area contributed by atoms with E-state index >= 15 is 0 Å². The Morgan fingerprint density at radius 2 is 2.22 bits per heavy atom. The van der Waals surface area contributed by atoms with E-state index in [1.54, 1.807) is 29.1 Å². The number of hydrogen-bond donors (Lipinski definition) is 1. The minimum atomic E-state index is -0.239. The highest BCUT2D eigenvalue weighted by atomic mass is 19.1. The SMILES string of the molecule is CCC(N)Cc1ccc(-n2ccnc2C)c(F)c1. The zero-order chi connectivity index (χ0) is 13.1. The van der Waals surface area contributed by atoms with Crippen molar-refractivity contribution in [2.45, 2.75) is 32.7 Å². The standard InChI is InChI=1S/C14H18FN3/c1-3-12(16)8-11-4-5-14(13(15)9-11)18-7-6-17-10(18)2/h4-7,9,12H,3,8,16H2,1-2H3. The van der Waals surface area contributed by atoms with Crippen molar-refractivity contribution in [3.63, 3.8) is 0 Å². The van der Waals surface area contributed by atoms with Crippen molar-refractivity contribution in [2.75, 3.05) is 0 Å². The van der Waals surface area contributed by atoms with Gasteiger partial charge in [-0.15, -0.1) is 0 Å². The van der Waals surface area contributed by atoms with Crippen LogP contribution < -0.4 is 5.73 Å². The summed E-state index contributed by atoms with van der Waals surface area (Å²) >= 11 is 0. The van der Waals surface area contributed by atoms with E-state index in [2.05, 4.69) is 4.98 Å². The molecule has 1 heterocycles. The summed E-state index contributed by atoms with van der Waals surface area (Å²) in [5.74, 6) is 0.531. The third-order valence-corrected chi connectivity index (χ3v) is 3.12. The normalized spacial score (nSPS) is 12.7. The number of imidazole rings is 1. The van der Waals surface area contributed by atoms with Crippen molar-refractivity contribution in [3.8, 4) is 5.69 Å². The molecule has 3 nitrogen and oxygen atoms in total. The fourth-order valence-electron chi connectivity index (χ4n) is 1.95. The van der Waals surface area contributed by atoms with E-state index in [1.807, 2.05) is 19.9 Å². The number of nitrogens with two attached hydrogens (primary N) is 1. The summed E-state index contributed by atoms with van der Waals surface area (Å²) < 4.78 is 15.8. The van der Waals surface area contributed by atoms with Gasteiger partial charge in [-0.1, -0.05) is 13.0 Å². The van der Waals surface area contributed by atoms with Gasteiger partial charge in [-0.2, -0.15) is 0 Å². The van der Waals surface area contributed by atoms with E-state index in [0.717, 1.165) is 17.8 Å². The van der Waals surface area contributed by atoms with Crippen molar-refractivity contribution < 1.29 is 4.39 Å². The van der Waals surface area contributed by atoms with Crippen molar-refractivity contribution in [1.82, 2.24) is 9.55 Å². The number of hydrogen-bond acceptors (Lipinski definition) is 2. The number of aromatic nitrogens is 2. The van der Waals surface area contributed by atoms with Crippen molar-refractivity contribution in [2.24, 2.45) is 5.73 Å². The van der Waals surface area contributed by atoms with E-state index < -0.39 is 0 Å². The molecule has 2 N–H and O–H groups in total. The fraction of sp³-hybridized carbons (Fsp3) is 0.357. The van der Waals surface area contributed by atoms with Gasteiger partial charge in [0.1, 0.15) is 11.6 Å². The van der Waals surface area contributed by atoms with Gasteiger partial charge >= 0.3 is 0 Å². The van der Waals surface area contributed by atoms with Gasteiger partial charge in [0.2, 0.25) is 0 Å². The Balaban J connectivity index is 2.28. The van der Waals surface area contributed by atoms with Crippen LogP contribution in [0.4, 0.5) is 4.39 Å². The number of nitrogens with zero attached hydrogens (tertiary/aromatic N) is 2. The molecule has 2 rings (SSSR count). The van der Waals surface area contributed by atoms with Gasteiger partial charge in [0.05, 0.1) is 5.69 Å². The molecule has 0 amide bonds. The molecule has 0 aliphatic rings. The van der Waals surface area contributed by atoms with Gasteiger partial charge in [-0.25, -0.2) is 9.37 Å². The largest absolute Gasteiger partial charge is 0.327 e. The molecule has 0 aliphatic heterocycles. The molecular formula is C14H18FN3. The summed E-state index contributed by atoms with van der Waals surface area (Å²) in [5, 5.41) is 0. The fourth-order valence-corrected chi connectivity index (χ4v) is 1.95. The van der Waals surface area contributed by atoms with Crippen LogP contribution in [0.5, 0.6) is 0 Å². The van der Waals surface area contributed by atoms with Gasteiger partial charge < -0.3 is 10.3 Å². The number of halogens is 1. The third-order valence-electron chi connectivity index (χ3n) is 3.12. The highest BCUT2D eigenvalue weighted by molar-refractivity contribution is 5.37. The second-order valence-electron chi connectivity index (χ2n) is 4.50. The topological polar surface area (TPSA) is 43.8 Å². The maximum atomic E-state index is 14.1. The van der Waals surface area contributed by atoms with Crippen LogP contribution in [0, 0.1) is 12.7 Å². The minimum Gasteiger partial charge on any atom is -0.327 e. The highest BCUT2D eigenvalue weighted by Crippen LogP contribution is 2.17. The third kappa shape index (κ3) is 2.59. The van der Waals surface area contributed by atoms with Crippen LogP contribution in [0.25, 0.3) is 5.69 Å². The van der Waals surface area contributed by atoms with Crippen molar-refractivity contribution in [1.29, 1.82) is 0 Å². The van der Waals surface area contributed by atoms with Crippen LogP contribution in [0.2, 0.25) is 0 Å². The van der Waals surface area contributed by atoms with E-state index in [0.29, 0.717) is 12.1 Å². The zero-order valence-corrected chi connectivity index (χ0v) is 10.7. The molecule has 0 bridgehead atoms. The Kier molecular flexibility index (Phi) is 3.77. The van der Waals surface area contributed by atoms with Gasteiger partial charge in [-0.3, -0.25) is 0 Å². The average molecular weight is 247 g/mol. The second-order valence-corrected chi connectivity index (χ2v) is 4.50. The zero-order valence-electron chi connectivity index (χ0n) is 10.7. The maximum absolute atomic E-state index is 14.1. The van der Waals surface area contributed by atoms with Crippen molar-refractivity contribution in [3.05, 3.63) is 47.8 Å². The molecular weight excluding hydrogens is 229 g/mol. The Labute approximate surface area is 106 Å². The number of benzene rings is 1. The molecule has 0 fully saturated rings. The minimum absolute atomic E-state index is 0.0882. The van der Waals surface area contributed by atoms with Crippen LogP contribution in [-0.2, 0) is 6.42 Å². The van der Waals surface area contributed by atoms with Crippen molar-refractivity contribution >= 4 is 0 Å². The second kappa shape index (κ2) is 5.31. The number of aryl methyl sites for hydroxylation is 1. The van der Waals surface area contributed by atoms with E-state index in [4.69, 9.17) is 5.73 Å². The van der Waals surface area contributed by atoms with Crippen LogP contribution in [0.3, 0.4) is 0 Å². The van der Waals surface area contributed by atoms with E-state index in [1.165, 1.54) is 0 Å². The molecule has 96 valence electrons. The van der Waals surface area contributed by atoms with E-state index in [-0.39, 0.29) is 11.9 Å². The quantitative estimate of drug-likeness (QED) is 0.902. The lowest BCUT2D eigenvalue weighted by Gasteiger charge is -2.11. The van der Waals surface area contributed by atoms with E-state index in [9.17, 15) is 4.39 Å². The molecule has 1 unspecified atom stereocenters. The van der Waals surface area contributed by atoms with Gasteiger partial charge in [-0.05, 0) is 37.5 Å². The predicted octanol–water partition coefficient (Wildman–Crippen LogP) is 2.60. The molecule has 18 heavy (non-hydrogen) atoms. The molecule has 0 aliphatic carbocycles. The first-order valence-corrected chi connectivity index (χ1v) is 6.16. The van der Waals surface area contributed by atoms with Gasteiger partial charge in [0.25, 0.3) is 0 Å². The smallest absolute Gasteiger partial charge is 0.147 e. The Morgan fingerprint density at radius 3 is 2.78 bits per heavy atom. The maximum Gasteiger partial charge on any atom is 0.147 e. The van der Waals surface area contributed by atoms with Gasteiger partial charge in [0.15, 0.2) is 0 Å². The Morgan fingerprint density at radius 1 is 1.44 bits per heavy atom.